The van der Waals surface area contributed by atoms with Gasteiger partial charge in [-0.05, 0) is 176 Å². The van der Waals surface area contributed by atoms with E-state index in [-0.39, 0.29) is 59.8 Å². The highest BCUT2D eigenvalue weighted by atomic mass is 35.5. The summed E-state index contributed by atoms with van der Waals surface area (Å²) in [7, 11) is 12.5. The third kappa shape index (κ3) is 22.7. The number of hydrazine groups is 1. The van der Waals surface area contributed by atoms with Gasteiger partial charge in [0.1, 0.15) is 0 Å². The maximum Gasteiger partial charge on any atom is 0.233 e. The Hall–Kier alpha value is -6.65. The number of hydrogen-bond acceptors (Lipinski definition) is 23. The van der Waals surface area contributed by atoms with Crippen molar-refractivity contribution in [3.63, 3.8) is 0 Å². The van der Waals surface area contributed by atoms with Crippen molar-refractivity contribution in [2.24, 2.45) is 11.6 Å². The predicted molar refractivity (Wildman–Crippen MR) is 329 cm³/mol. The normalized spacial score (nSPS) is 15.9. The molecule has 0 amide bonds. The van der Waals surface area contributed by atoms with Gasteiger partial charge in [0.05, 0.1) is 21.3 Å². The van der Waals surface area contributed by atoms with Crippen LogP contribution in [0.4, 0.5) is 65.9 Å². The number of halogens is 6. The minimum absolute atomic E-state index is 0. The summed E-state index contributed by atoms with van der Waals surface area (Å²) in [6.45, 7) is 4.49. The molecule has 0 atom stereocenters. The summed E-state index contributed by atoms with van der Waals surface area (Å²) in [4.78, 5) is 43.9. The van der Waals surface area contributed by atoms with E-state index >= 15 is 0 Å². The molecule has 6 aromatic rings. The van der Waals surface area contributed by atoms with Gasteiger partial charge in [-0.25, -0.2) is 18.2 Å². The number of anilines is 9. The van der Waals surface area contributed by atoms with Crippen LogP contribution in [-0.2, 0) is 0 Å². The summed E-state index contributed by atoms with van der Waals surface area (Å²) in [6.07, 6.45) is 11.5. The molecule has 5 fully saturated rings. The van der Waals surface area contributed by atoms with Crippen LogP contribution in [0, 0.1) is 17.5 Å². The van der Waals surface area contributed by atoms with E-state index in [0.29, 0.717) is 71.1 Å². The summed E-state index contributed by atoms with van der Waals surface area (Å²) in [5, 5.41) is 17.0. The number of hydrogen-bond donors (Lipinski definition) is 7. The Morgan fingerprint density at radius 2 is 0.810 bits per heavy atom. The first-order chi connectivity index (χ1) is 39.3. The SMILES string of the molecule is C.C.CN1CCC(N(C)N)CC1.COc1ccc(Nc2nc(Cl)nc(Cl)n2)cc1F.COc1ccc(Nc2nc(Cl)nc(NC3CC3)n2)cc1F.COc1ccc(Nc2nc(NC3CC3)nc(N(C)C3CCN(C)CC3)n2)cc1F.NC1CC1. The van der Waals surface area contributed by atoms with Crippen LogP contribution in [0.2, 0.25) is 15.9 Å². The Morgan fingerprint density at radius 1 is 0.488 bits per heavy atom. The van der Waals surface area contributed by atoms with Gasteiger partial charge in [-0.1, -0.05) is 14.9 Å². The Kier molecular flexibility index (Phi) is 26.9. The fourth-order valence-corrected chi connectivity index (χ4v) is 8.50. The number of piperidine rings is 2. The zero-order valence-corrected chi connectivity index (χ0v) is 49.2. The van der Waals surface area contributed by atoms with Crippen molar-refractivity contribution in [2.45, 2.75) is 109 Å². The lowest BCUT2D eigenvalue weighted by atomic mass is 10.0. The van der Waals surface area contributed by atoms with Crippen LogP contribution >= 0.6 is 34.8 Å². The number of nitrogens with two attached hydrogens (primary N) is 2. The van der Waals surface area contributed by atoms with E-state index in [2.05, 4.69) is 100 Å². The number of aromatic nitrogens is 9. The van der Waals surface area contributed by atoms with Crippen LogP contribution in [0.15, 0.2) is 54.6 Å². The number of ether oxygens (including phenoxy) is 3. The van der Waals surface area contributed by atoms with Gasteiger partial charge >= 0.3 is 0 Å². The lowest BCUT2D eigenvalue weighted by molar-refractivity contribution is 0.146. The molecular weight excluding hydrogens is 1150 g/mol. The second-order valence-corrected chi connectivity index (χ2v) is 21.2. The standard InChI is InChI=1S/C20H28FN7O.C13H13ClFN5O.C10H7Cl2FN4O.C7H17N3.C3H7N.2CH4/c1-27-10-8-15(9-11-27)28(2)20-25-18(22-13-4-5-13)24-19(26-20)23-14-6-7-17(29-3)16(21)12-14;1-21-10-5-4-8(6-9(10)15)17-13-19-11(14)18-12(20-13)16-7-2-3-7;1-18-7-3-2-5(4-6(7)13)14-10-16-8(11)15-9(12)17-10;1-9-5-3-7(4-6-9)10(2)8;4-3-1-2-3;;/h6-7,12-13,15H,4-5,8-11H2,1-3H3,(H2,22,23,24,25,26);4-7H,2-3H2,1H3,(H2,16,17,18,19,20);2-4H,1H3,(H,14,15,16,17);7H,3-6,8H2,1-2H3;3H,1-2,4H2;2*1H4. The molecule has 0 spiro atoms. The maximum atomic E-state index is 14.1. The quantitative estimate of drug-likeness (QED) is 0.0351. The summed E-state index contributed by atoms with van der Waals surface area (Å²) in [5.74, 6) is 7.08. The molecule has 11 rings (SSSR count). The summed E-state index contributed by atoms with van der Waals surface area (Å²) in [6, 6.07) is 15.9. The fraction of sp³-hybridized carbons (Fsp3) is 0.509. The largest absolute Gasteiger partial charge is 0.494 e. The Balaban J connectivity index is 0.000000208. The lowest BCUT2D eigenvalue weighted by Gasteiger charge is -2.35. The molecular formula is C55H80Cl3F3N20O3. The molecule has 0 bridgehead atoms. The highest BCUT2D eigenvalue weighted by molar-refractivity contribution is 6.31. The average Bonchev–Trinajstić information content (AvgIpc) is 4.37. The minimum atomic E-state index is -0.506. The molecule has 3 aromatic carbocycles. The topological polar surface area (TPSA) is 269 Å². The van der Waals surface area contributed by atoms with Crippen LogP contribution in [-0.4, -0.2) is 166 Å². The summed E-state index contributed by atoms with van der Waals surface area (Å²) >= 11 is 17.1. The first-order valence-electron chi connectivity index (χ1n) is 26.8. The second kappa shape index (κ2) is 33.2. The molecule has 2 aliphatic heterocycles. The van der Waals surface area contributed by atoms with Crippen LogP contribution in [0.1, 0.15) is 79.1 Å². The highest BCUT2D eigenvalue weighted by Gasteiger charge is 2.27. The predicted octanol–water partition coefficient (Wildman–Crippen LogP) is 10.2. The number of nitrogens with zero attached hydrogens (tertiary/aromatic N) is 13. The molecule has 9 N–H and O–H groups in total. The zero-order chi connectivity index (χ0) is 58.9. The van der Waals surface area contributed by atoms with E-state index in [0.717, 1.165) is 51.6 Å². The molecule has 2 saturated heterocycles. The highest BCUT2D eigenvalue weighted by Crippen LogP contribution is 2.30. The van der Waals surface area contributed by atoms with E-state index in [1.54, 1.807) is 24.3 Å². The van der Waals surface area contributed by atoms with Crippen molar-refractivity contribution >= 4 is 87.6 Å². The van der Waals surface area contributed by atoms with E-state index < -0.39 is 17.5 Å². The Labute approximate surface area is 505 Å². The Morgan fingerprint density at radius 3 is 1.15 bits per heavy atom. The Bertz CT molecular complexity index is 2970. The van der Waals surface area contributed by atoms with Gasteiger partial charge < -0.3 is 61.2 Å². The van der Waals surface area contributed by atoms with Crippen molar-refractivity contribution in [1.82, 2.24) is 59.7 Å². The lowest BCUT2D eigenvalue weighted by Crippen LogP contribution is -2.44. The van der Waals surface area contributed by atoms with E-state index in [1.165, 1.54) is 90.4 Å². The molecule has 5 aliphatic rings. The van der Waals surface area contributed by atoms with E-state index in [4.69, 9.17) is 60.6 Å². The second-order valence-electron chi connectivity index (χ2n) is 20.2. The molecule has 23 nitrogen and oxygen atoms in total. The molecule has 29 heteroatoms. The molecule has 3 saturated carbocycles. The first kappa shape index (κ1) is 68.1. The summed E-state index contributed by atoms with van der Waals surface area (Å²) in [5.41, 5.74) is 6.71. The van der Waals surface area contributed by atoms with Gasteiger partial charge in [-0.15, -0.1) is 0 Å². The van der Waals surface area contributed by atoms with Gasteiger partial charge in [0.2, 0.25) is 51.5 Å². The average molecular weight is 1230 g/mol. The molecule has 460 valence electrons. The minimum Gasteiger partial charge on any atom is -0.494 e. The molecule has 0 radical (unpaired) electrons. The van der Waals surface area contributed by atoms with Crippen LogP contribution in [0.5, 0.6) is 17.2 Å². The number of nitrogens with one attached hydrogen (secondary N) is 5. The fourth-order valence-electron chi connectivity index (χ4n) is 7.98. The molecule has 3 aliphatic carbocycles. The van der Waals surface area contributed by atoms with Gasteiger partial charge in [0.25, 0.3) is 0 Å². The zero-order valence-electron chi connectivity index (χ0n) is 46.9. The molecule has 0 unspecified atom stereocenters. The molecule has 3 aromatic heterocycles. The van der Waals surface area contributed by atoms with Crippen LogP contribution < -0.4 is 57.3 Å². The number of methoxy groups -OCH3 is 3. The van der Waals surface area contributed by atoms with Crippen molar-refractivity contribution in [1.29, 1.82) is 0 Å². The van der Waals surface area contributed by atoms with Crippen molar-refractivity contribution in [3.8, 4) is 17.2 Å². The third-order valence-electron chi connectivity index (χ3n) is 13.3. The number of likely N-dealkylation sites (tertiary alicyclic amines) is 2. The van der Waals surface area contributed by atoms with E-state index in [1.807, 2.05) is 19.1 Å². The smallest absolute Gasteiger partial charge is 0.233 e. The van der Waals surface area contributed by atoms with Gasteiger partial charge in [0, 0.05) is 79.6 Å². The van der Waals surface area contributed by atoms with Gasteiger partial charge in [0.15, 0.2) is 34.7 Å². The maximum absolute atomic E-state index is 14.1. The summed E-state index contributed by atoms with van der Waals surface area (Å²) < 4.78 is 55.8. The number of rotatable bonds is 16. The number of benzene rings is 3. The molecule has 5 heterocycles. The van der Waals surface area contributed by atoms with Crippen molar-refractivity contribution < 1.29 is 27.4 Å². The first-order valence-corrected chi connectivity index (χ1v) is 27.9. The van der Waals surface area contributed by atoms with Gasteiger partial charge in [-0.2, -0.15) is 44.9 Å². The van der Waals surface area contributed by atoms with Crippen LogP contribution in [0.3, 0.4) is 0 Å². The van der Waals surface area contributed by atoms with E-state index in [9.17, 15) is 13.2 Å². The molecule has 84 heavy (non-hydrogen) atoms. The van der Waals surface area contributed by atoms with Crippen molar-refractivity contribution in [3.05, 3.63) is 87.9 Å². The monoisotopic (exact) mass is 1230 g/mol. The van der Waals surface area contributed by atoms with Crippen LogP contribution in [0.25, 0.3) is 0 Å². The third-order valence-corrected chi connectivity index (χ3v) is 13.8. The van der Waals surface area contributed by atoms with Crippen molar-refractivity contribution in [2.75, 3.05) is 107 Å². The van der Waals surface area contributed by atoms with Gasteiger partial charge in [-0.3, -0.25) is 5.84 Å².